The number of aryl methyl sites for hydroxylation is 2. The molecule has 1 aliphatic carbocycles. The van der Waals surface area contributed by atoms with Gasteiger partial charge < -0.3 is 5.32 Å². The van der Waals surface area contributed by atoms with Crippen LogP contribution in [0.15, 0.2) is 0 Å². The molecule has 0 aromatic carbocycles. The molecular formula is C12H20ClN3. The summed E-state index contributed by atoms with van der Waals surface area (Å²) in [5, 5.41) is 8.77. The molecule has 0 spiro atoms. The molecule has 1 heterocycles. The van der Waals surface area contributed by atoms with Crippen molar-refractivity contribution in [2.45, 2.75) is 52.7 Å². The highest BCUT2D eigenvalue weighted by Gasteiger charge is 2.27. The van der Waals surface area contributed by atoms with Crippen LogP contribution in [-0.2, 0) is 13.1 Å². The van der Waals surface area contributed by atoms with Gasteiger partial charge in [-0.25, -0.2) is 0 Å². The van der Waals surface area contributed by atoms with E-state index in [-0.39, 0.29) is 0 Å². The molecule has 3 nitrogen and oxygen atoms in total. The van der Waals surface area contributed by atoms with Gasteiger partial charge in [0, 0.05) is 19.1 Å². The molecule has 1 unspecified atom stereocenters. The second kappa shape index (κ2) is 4.76. The quantitative estimate of drug-likeness (QED) is 0.859. The van der Waals surface area contributed by atoms with Gasteiger partial charge in [0.1, 0.15) is 0 Å². The van der Waals surface area contributed by atoms with Crippen LogP contribution in [0.4, 0.5) is 0 Å². The van der Waals surface area contributed by atoms with Crippen molar-refractivity contribution >= 4 is 11.6 Å². The summed E-state index contributed by atoms with van der Waals surface area (Å²) in [4.78, 5) is 0. The van der Waals surface area contributed by atoms with Gasteiger partial charge in [0.15, 0.2) is 0 Å². The lowest BCUT2D eigenvalue weighted by Crippen LogP contribution is -2.28. The van der Waals surface area contributed by atoms with Gasteiger partial charge in [-0.15, -0.1) is 0 Å². The molecule has 1 aromatic heterocycles. The second-order valence-electron chi connectivity index (χ2n) is 4.67. The normalized spacial score (nSPS) is 17.8. The van der Waals surface area contributed by atoms with E-state index in [0.717, 1.165) is 35.4 Å². The lowest BCUT2D eigenvalue weighted by atomic mass is 10.2. The molecule has 0 aliphatic heterocycles. The van der Waals surface area contributed by atoms with E-state index in [0.29, 0.717) is 6.04 Å². The molecule has 16 heavy (non-hydrogen) atoms. The molecule has 0 radical (unpaired) electrons. The molecule has 0 bridgehead atoms. The number of rotatable bonds is 5. The first-order valence-electron chi connectivity index (χ1n) is 6.08. The van der Waals surface area contributed by atoms with Crippen LogP contribution in [0.1, 0.15) is 38.1 Å². The average Bonchev–Trinajstić information content (AvgIpc) is 3.06. The summed E-state index contributed by atoms with van der Waals surface area (Å²) in [6.07, 6.45) is 2.74. The van der Waals surface area contributed by atoms with Crippen LogP contribution in [0.3, 0.4) is 0 Å². The minimum atomic E-state index is 0.594. The highest BCUT2D eigenvalue weighted by molar-refractivity contribution is 6.31. The smallest absolute Gasteiger partial charge is 0.0860 e. The Bertz CT molecular complexity index is 369. The summed E-state index contributed by atoms with van der Waals surface area (Å²) in [5.74, 6) is 0.873. The summed E-state index contributed by atoms with van der Waals surface area (Å²) in [6, 6.07) is 0.594. The maximum absolute atomic E-state index is 6.25. The highest BCUT2D eigenvalue weighted by Crippen LogP contribution is 2.32. The van der Waals surface area contributed by atoms with Gasteiger partial charge in [-0.3, -0.25) is 4.68 Å². The monoisotopic (exact) mass is 241 g/mol. The van der Waals surface area contributed by atoms with Crippen molar-refractivity contribution in [2.24, 2.45) is 5.92 Å². The Morgan fingerprint density at radius 3 is 2.81 bits per heavy atom. The van der Waals surface area contributed by atoms with Crippen molar-refractivity contribution in [1.82, 2.24) is 15.1 Å². The van der Waals surface area contributed by atoms with Crippen LogP contribution in [0.25, 0.3) is 0 Å². The molecule has 1 aromatic rings. The summed E-state index contributed by atoms with van der Waals surface area (Å²) < 4.78 is 1.99. The van der Waals surface area contributed by atoms with Gasteiger partial charge in [0.2, 0.25) is 0 Å². The summed E-state index contributed by atoms with van der Waals surface area (Å²) in [7, 11) is 0. The van der Waals surface area contributed by atoms with Gasteiger partial charge >= 0.3 is 0 Å². The van der Waals surface area contributed by atoms with Crippen molar-refractivity contribution in [3.05, 3.63) is 16.4 Å². The number of aromatic nitrogens is 2. The average molecular weight is 242 g/mol. The fraction of sp³-hybridized carbons (Fsp3) is 0.750. The zero-order valence-corrected chi connectivity index (χ0v) is 11.0. The Kier molecular flexibility index (Phi) is 3.55. The number of hydrogen-bond acceptors (Lipinski definition) is 2. The third kappa shape index (κ3) is 2.41. The van der Waals surface area contributed by atoms with Crippen molar-refractivity contribution in [3.63, 3.8) is 0 Å². The first-order chi connectivity index (χ1) is 7.63. The van der Waals surface area contributed by atoms with E-state index in [1.54, 1.807) is 0 Å². The van der Waals surface area contributed by atoms with E-state index in [2.05, 4.69) is 24.3 Å². The number of nitrogens with zero attached hydrogens (tertiary/aromatic N) is 2. The van der Waals surface area contributed by atoms with Crippen molar-refractivity contribution in [1.29, 1.82) is 0 Å². The molecular weight excluding hydrogens is 222 g/mol. The minimum Gasteiger partial charge on any atom is -0.308 e. The van der Waals surface area contributed by atoms with E-state index < -0.39 is 0 Å². The molecule has 2 rings (SSSR count). The third-order valence-corrected chi connectivity index (χ3v) is 3.87. The number of hydrogen-bond donors (Lipinski definition) is 1. The zero-order valence-electron chi connectivity index (χ0n) is 10.3. The summed E-state index contributed by atoms with van der Waals surface area (Å²) in [5.41, 5.74) is 2.05. The van der Waals surface area contributed by atoms with Crippen LogP contribution in [0.5, 0.6) is 0 Å². The molecule has 1 atom stereocenters. The predicted octanol–water partition coefficient (Wildman–Crippen LogP) is 2.75. The Balaban J connectivity index is 2.01. The zero-order chi connectivity index (χ0) is 11.7. The fourth-order valence-electron chi connectivity index (χ4n) is 2.06. The summed E-state index contributed by atoms with van der Waals surface area (Å²) in [6.45, 7) is 8.01. The van der Waals surface area contributed by atoms with Gasteiger partial charge in [-0.05, 0) is 39.5 Å². The van der Waals surface area contributed by atoms with Gasteiger partial charge in [0.05, 0.1) is 16.4 Å². The molecule has 90 valence electrons. The second-order valence-corrected chi connectivity index (χ2v) is 5.05. The number of nitrogens with one attached hydrogen (secondary N) is 1. The summed E-state index contributed by atoms with van der Waals surface area (Å²) >= 11 is 6.25. The van der Waals surface area contributed by atoms with Crippen molar-refractivity contribution in [2.75, 3.05) is 0 Å². The van der Waals surface area contributed by atoms with Crippen LogP contribution in [-0.4, -0.2) is 15.8 Å². The maximum atomic E-state index is 6.25. The van der Waals surface area contributed by atoms with E-state index in [9.17, 15) is 0 Å². The molecule has 1 N–H and O–H groups in total. The van der Waals surface area contributed by atoms with E-state index >= 15 is 0 Å². The molecule has 0 amide bonds. The van der Waals surface area contributed by atoms with Gasteiger partial charge in [-0.1, -0.05) is 11.6 Å². The third-order valence-electron chi connectivity index (χ3n) is 3.37. The molecule has 4 heteroatoms. The van der Waals surface area contributed by atoms with Crippen molar-refractivity contribution < 1.29 is 0 Å². The largest absolute Gasteiger partial charge is 0.308 e. The fourth-order valence-corrected chi connectivity index (χ4v) is 2.26. The minimum absolute atomic E-state index is 0.594. The molecule has 1 aliphatic rings. The Morgan fingerprint density at radius 1 is 1.56 bits per heavy atom. The van der Waals surface area contributed by atoms with Crippen LogP contribution < -0.4 is 5.32 Å². The van der Waals surface area contributed by atoms with Crippen LogP contribution in [0.2, 0.25) is 5.02 Å². The van der Waals surface area contributed by atoms with Gasteiger partial charge in [0.25, 0.3) is 0 Å². The molecule has 1 fully saturated rings. The molecule has 1 saturated carbocycles. The topological polar surface area (TPSA) is 29.9 Å². The Morgan fingerprint density at radius 2 is 2.25 bits per heavy atom. The molecule has 0 saturated heterocycles. The van der Waals surface area contributed by atoms with E-state index in [1.807, 2.05) is 11.6 Å². The Hall–Kier alpha value is -0.540. The number of halogens is 1. The van der Waals surface area contributed by atoms with E-state index in [1.165, 1.54) is 12.8 Å². The van der Waals surface area contributed by atoms with Crippen molar-refractivity contribution in [3.8, 4) is 0 Å². The highest BCUT2D eigenvalue weighted by atomic mass is 35.5. The SMILES string of the molecule is CCn1nc(C)c(Cl)c1CNC(C)C1CC1. The first kappa shape index (κ1) is 11.9. The maximum Gasteiger partial charge on any atom is 0.0860 e. The standard InChI is InChI=1S/C12H20ClN3/c1-4-16-11(12(13)9(3)15-16)7-14-8(2)10-5-6-10/h8,10,14H,4-7H2,1-3H3. The van der Waals surface area contributed by atoms with Gasteiger partial charge in [-0.2, -0.15) is 5.10 Å². The van der Waals surface area contributed by atoms with E-state index in [4.69, 9.17) is 11.6 Å². The predicted molar refractivity (Wildman–Crippen MR) is 66.7 cm³/mol. The lowest BCUT2D eigenvalue weighted by Gasteiger charge is -2.13. The van der Waals surface area contributed by atoms with Crippen LogP contribution in [0, 0.1) is 12.8 Å². The first-order valence-corrected chi connectivity index (χ1v) is 6.46. The van der Waals surface area contributed by atoms with Crippen LogP contribution >= 0.6 is 11.6 Å². The lowest BCUT2D eigenvalue weighted by molar-refractivity contribution is 0.477. The Labute approximate surface area is 102 Å².